The van der Waals surface area contributed by atoms with E-state index in [9.17, 15) is 0 Å². The molecule has 0 N–H and O–H groups in total. The Hall–Kier alpha value is -1.42. The van der Waals surface area contributed by atoms with E-state index in [0.717, 1.165) is 26.2 Å². The molecule has 0 aliphatic heterocycles. The predicted molar refractivity (Wildman–Crippen MR) is 117 cm³/mol. The van der Waals surface area contributed by atoms with Crippen molar-refractivity contribution in [3.8, 4) is 0 Å². The van der Waals surface area contributed by atoms with Gasteiger partial charge in [-0.1, -0.05) is 0 Å². The van der Waals surface area contributed by atoms with Crippen LogP contribution in [0, 0.1) is 0 Å². The van der Waals surface area contributed by atoms with Crippen LogP contribution in [0.3, 0.4) is 0 Å². The van der Waals surface area contributed by atoms with E-state index in [1.54, 1.807) is 8.79 Å². The van der Waals surface area contributed by atoms with Gasteiger partial charge in [-0.25, -0.2) is 0 Å². The number of benzene rings is 2. The standard InChI is InChI=1S/C22H34GeN2/c1-7-24(8-2)21-15-11-19(12-16-21)23(5,6)20-13-17-22(18-14-20)25(9-3)10-4/h11-18H,7-10H2,1-6H3. The average molecular weight is 399 g/mol. The summed E-state index contributed by atoms with van der Waals surface area (Å²) < 4.78 is 3.10. The number of hydrogen-bond donors (Lipinski definition) is 0. The topological polar surface area (TPSA) is 6.48 Å². The number of hydrogen-bond acceptors (Lipinski definition) is 2. The third-order valence-corrected chi connectivity index (χ3v) is 12.9. The Bertz CT molecular complexity index is 581. The Kier molecular flexibility index (Phi) is 7.00. The molecule has 0 saturated carbocycles. The van der Waals surface area contributed by atoms with Gasteiger partial charge in [0.05, 0.1) is 0 Å². The summed E-state index contributed by atoms with van der Waals surface area (Å²) in [6, 6.07) is 18.7. The molecule has 2 aromatic rings. The van der Waals surface area contributed by atoms with Gasteiger partial charge in [-0.2, -0.15) is 0 Å². The fraction of sp³-hybridized carbons (Fsp3) is 0.455. The van der Waals surface area contributed by atoms with E-state index in [0.29, 0.717) is 0 Å². The predicted octanol–water partition coefficient (Wildman–Crippen LogP) is 4.20. The summed E-state index contributed by atoms with van der Waals surface area (Å²) in [6.45, 7) is 13.1. The summed E-state index contributed by atoms with van der Waals surface area (Å²) in [5.41, 5.74) is 2.67. The van der Waals surface area contributed by atoms with Crippen molar-refractivity contribution in [3.63, 3.8) is 0 Å². The Labute approximate surface area is 157 Å². The molecule has 136 valence electrons. The summed E-state index contributed by atoms with van der Waals surface area (Å²) in [5.74, 6) is 5.00. The molecule has 25 heavy (non-hydrogen) atoms. The fourth-order valence-corrected chi connectivity index (χ4v) is 8.42. The van der Waals surface area contributed by atoms with Gasteiger partial charge in [-0.15, -0.1) is 0 Å². The second-order valence-electron chi connectivity index (χ2n) is 7.06. The van der Waals surface area contributed by atoms with E-state index in [-0.39, 0.29) is 0 Å². The minimum absolute atomic E-state index is 1.06. The van der Waals surface area contributed by atoms with Gasteiger partial charge in [-0.05, 0) is 0 Å². The summed E-state index contributed by atoms with van der Waals surface area (Å²) in [7, 11) is 0. The van der Waals surface area contributed by atoms with E-state index >= 15 is 0 Å². The molecule has 0 saturated heterocycles. The molecule has 0 aromatic heterocycles. The molecular weight excluding hydrogens is 365 g/mol. The van der Waals surface area contributed by atoms with Gasteiger partial charge in [0.25, 0.3) is 0 Å². The first kappa shape index (κ1) is 19.9. The molecule has 0 aliphatic carbocycles. The summed E-state index contributed by atoms with van der Waals surface area (Å²) in [6.07, 6.45) is 0. The molecule has 0 radical (unpaired) electrons. The van der Waals surface area contributed by atoms with Crippen LogP contribution < -0.4 is 18.6 Å². The van der Waals surface area contributed by atoms with Gasteiger partial charge < -0.3 is 0 Å². The zero-order chi connectivity index (χ0) is 18.4. The maximum atomic E-state index is 2.50. The van der Waals surface area contributed by atoms with Crippen molar-refractivity contribution in [2.45, 2.75) is 39.2 Å². The molecule has 0 aliphatic rings. The Morgan fingerprint density at radius 1 is 0.560 bits per heavy atom. The molecule has 0 bridgehead atoms. The quantitative estimate of drug-likeness (QED) is 0.614. The molecular formula is C22H34GeN2. The van der Waals surface area contributed by atoms with Gasteiger partial charge >= 0.3 is 157 Å². The molecule has 0 spiro atoms. The number of nitrogens with zero attached hydrogens (tertiary/aromatic N) is 2. The monoisotopic (exact) mass is 400 g/mol. The van der Waals surface area contributed by atoms with Gasteiger partial charge in [0.1, 0.15) is 0 Å². The van der Waals surface area contributed by atoms with Crippen molar-refractivity contribution in [2.24, 2.45) is 0 Å². The number of rotatable bonds is 8. The zero-order valence-electron chi connectivity index (χ0n) is 16.8. The third kappa shape index (κ3) is 4.41. The van der Waals surface area contributed by atoms with E-state index in [1.807, 2.05) is 0 Å². The first-order valence-corrected chi connectivity index (χ1v) is 16.0. The van der Waals surface area contributed by atoms with Crippen molar-refractivity contribution in [2.75, 3.05) is 36.0 Å². The maximum absolute atomic E-state index is 2.50. The number of anilines is 2. The van der Waals surface area contributed by atoms with Crippen LogP contribution in [-0.2, 0) is 0 Å². The van der Waals surface area contributed by atoms with E-state index in [4.69, 9.17) is 0 Å². The van der Waals surface area contributed by atoms with E-state index < -0.39 is 13.3 Å². The molecule has 2 rings (SSSR count). The van der Waals surface area contributed by atoms with Crippen LogP contribution >= 0.6 is 0 Å². The molecule has 0 amide bonds. The summed E-state index contributed by atoms with van der Waals surface area (Å²) in [4.78, 5) is 4.81. The normalized spacial score (nSPS) is 11.4. The molecule has 2 aromatic carbocycles. The third-order valence-electron chi connectivity index (χ3n) is 5.44. The van der Waals surface area contributed by atoms with Gasteiger partial charge in [-0.3, -0.25) is 0 Å². The van der Waals surface area contributed by atoms with Crippen molar-refractivity contribution in [1.82, 2.24) is 0 Å². The van der Waals surface area contributed by atoms with Crippen molar-refractivity contribution in [1.29, 1.82) is 0 Å². The van der Waals surface area contributed by atoms with Crippen LogP contribution in [0.25, 0.3) is 0 Å². The van der Waals surface area contributed by atoms with Crippen LogP contribution in [0.2, 0.25) is 11.5 Å². The second kappa shape index (κ2) is 8.80. The van der Waals surface area contributed by atoms with E-state index in [1.165, 1.54) is 11.4 Å². The summed E-state index contributed by atoms with van der Waals surface area (Å²) >= 11 is -2.23. The van der Waals surface area contributed by atoms with Crippen molar-refractivity contribution in [3.05, 3.63) is 48.5 Å². The molecule has 3 heteroatoms. The molecule has 2 nitrogen and oxygen atoms in total. The fourth-order valence-electron chi connectivity index (χ4n) is 3.52. The SMILES string of the molecule is CCN(CC)c1cc[c]([Ge]([CH3])([CH3])[c]2ccc(N(CC)CC)cc2)cc1. The van der Waals surface area contributed by atoms with Crippen LogP contribution in [0.4, 0.5) is 11.4 Å². The molecule has 0 fully saturated rings. The minimum atomic E-state index is -2.23. The molecule has 0 heterocycles. The average Bonchev–Trinajstić information content (AvgIpc) is 2.65. The van der Waals surface area contributed by atoms with Gasteiger partial charge in [0, 0.05) is 0 Å². The first-order valence-electron chi connectivity index (χ1n) is 9.68. The Morgan fingerprint density at radius 3 is 1.08 bits per heavy atom. The van der Waals surface area contributed by atoms with Crippen molar-refractivity contribution >= 4 is 33.4 Å². The Balaban J connectivity index is 2.25. The second-order valence-corrected chi connectivity index (χ2v) is 16.3. The van der Waals surface area contributed by atoms with Crippen LogP contribution in [0.5, 0.6) is 0 Å². The first-order chi connectivity index (χ1) is 12.0. The van der Waals surface area contributed by atoms with Crippen molar-refractivity contribution < 1.29 is 0 Å². The van der Waals surface area contributed by atoms with Gasteiger partial charge in [0.15, 0.2) is 0 Å². The van der Waals surface area contributed by atoms with Gasteiger partial charge in [0.2, 0.25) is 0 Å². The molecule has 0 atom stereocenters. The zero-order valence-corrected chi connectivity index (χ0v) is 18.9. The Morgan fingerprint density at radius 2 is 0.840 bits per heavy atom. The molecule has 0 unspecified atom stereocenters. The summed E-state index contributed by atoms with van der Waals surface area (Å²) in [5, 5.41) is 0. The van der Waals surface area contributed by atoms with Crippen LogP contribution in [0.1, 0.15) is 27.7 Å². The van der Waals surface area contributed by atoms with Crippen LogP contribution in [0.15, 0.2) is 48.5 Å². The van der Waals surface area contributed by atoms with Crippen LogP contribution in [-0.4, -0.2) is 39.4 Å². The van der Waals surface area contributed by atoms with E-state index in [2.05, 4.69) is 97.5 Å².